The topological polar surface area (TPSA) is 82.6 Å². The molecular weight excluding hydrogens is 230 g/mol. The second kappa shape index (κ2) is 5.95. The smallest absolute Gasteiger partial charge is 0.123 e. The number of aliphatic hydroxyl groups is 1. The summed E-state index contributed by atoms with van der Waals surface area (Å²) in [5.74, 6) is 0.0828. The number of rotatable bonds is 4. The van der Waals surface area contributed by atoms with Gasteiger partial charge in [0.2, 0.25) is 0 Å². The van der Waals surface area contributed by atoms with E-state index >= 15 is 0 Å². The quantitative estimate of drug-likeness (QED) is 0.524. The van der Waals surface area contributed by atoms with E-state index in [1.165, 1.54) is 0 Å². The lowest BCUT2D eigenvalue weighted by Gasteiger charge is -2.34. The molecule has 2 rings (SSSR count). The second-order valence-electron chi connectivity index (χ2n) is 4.45. The van der Waals surface area contributed by atoms with Gasteiger partial charge >= 0.3 is 0 Å². The van der Waals surface area contributed by atoms with Crippen LogP contribution in [0.4, 0.5) is 0 Å². The van der Waals surface area contributed by atoms with E-state index in [0.29, 0.717) is 19.8 Å². The van der Waals surface area contributed by atoms with E-state index < -0.39 is 0 Å². The van der Waals surface area contributed by atoms with Gasteiger partial charge in [-0.05, 0) is 5.56 Å². The fraction of sp³-hybridized carbons (Fsp3) is 0.462. The van der Waals surface area contributed by atoms with E-state index in [9.17, 15) is 5.11 Å². The molecule has 1 saturated heterocycles. The van der Waals surface area contributed by atoms with Gasteiger partial charge in [-0.25, -0.2) is 0 Å². The van der Waals surface area contributed by atoms with Gasteiger partial charge in [-0.1, -0.05) is 24.3 Å². The van der Waals surface area contributed by atoms with Crippen LogP contribution in [-0.4, -0.2) is 48.2 Å². The molecule has 0 aromatic heterocycles. The van der Waals surface area contributed by atoms with E-state index in [1.807, 2.05) is 24.3 Å². The number of morpholine rings is 1. The molecule has 1 aliphatic heterocycles. The van der Waals surface area contributed by atoms with E-state index in [-0.39, 0.29) is 18.5 Å². The summed E-state index contributed by atoms with van der Waals surface area (Å²) in [6.45, 7) is 2.79. The molecule has 1 heterocycles. The van der Waals surface area contributed by atoms with Gasteiger partial charge in [-0.15, -0.1) is 0 Å². The number of hydrogen-bond acceptors (Lipinski definition) is 4. The Morgan fingerprint density at radius 3 is 3.00 bits per heavy atom. The Kier molecular flexibility index (Phi) is 4.30. The Bertz CT molecular complexity index is 422. The van der Waals surface area contributed by atoms with Gasteiger partial charge in [-0.2, -0.15) is 0 Å². The molecule has 5 nitrogen and oxygen atoms in total. The molecule has 0 radical (unpaired) electrons. The number of amidine groups is 1. The molecule has 0 aliphatic carbocycles. The standard InChI is InChI=1S/C13H19N3O2/c14-13(15)12-4-2-1-3-10(12)7-16-5-6-18-9-11(16)8-17/h1-4,11,17H,5-9H2,(H3,14,15). The minimum atomic E-state index is 0.0266. The van der Waals surface area contributed by atoms with Gasteiger partial charge in [0.15, 0.2) is 0 Å². The van der Waals surface area contributed by atoms with Crippen LogP contribution in [-0.2, 0) is 11.3 Å². The first kappa shape index (κ1) is 13.0. The van der Waals surface area contributed by atoms with Crippen molar-refractivity contribution in [2.24, 2.45) is 5.73 Å². The molecule has 1 aromatic rings. The Labute approximate surface area is 107 Å². The lowest BCUT2D eigenvalue weighted by molar-refractivity contribution is -0.0312. The zero-order valence-electron chi connectivity index (χ0n) is 10.3. The number of nitrogen functional groups attached to an aromatic ring is 1. The van der Waals surface area contributed by atoms with Gasteiger partial charge in [0.25, 0.3) is 0 Å². The minimum absolute atomic E-state index is 0.0266. The fourth-order valence-corrected chi connectivity index (χ4v) is 2.21. The summed E-state index contributed by atoms with van der Waals surface area (Å²) >= 11 is 0. The number of hydrogen-bond donors (Lipinski definition) is 3. The van der Waals surface area contributed by atoms with Crippen molar-refractivity contribution in [1.82, 2.24) is 4.90 Å². The Hall–Kier alpha value is -1.43. The molecule has 1 aromatic carbocycles. The van der Waals surface area contributed by atoms with Gasteiger partial charge in [0.1, 0.15) is 5.84 Å². The molecule has 98 valence electrons. The molecule has 18 heavy (non-hydrogen) atoms. The summed E-state index contributed by atoms with van der Waals surface area (Å²) in [4.78, 5) is 2.17. The molecule has 1 atom stereocenters. The fourth-order valence-electron chi connectivity index (χ4n) is 2.21. The van der Waals surface area contributed by atoms with Crippen LogP contribution in [0, 0.1) is 5.41 Å². The van der Waals surface area contributed by atoms with E-state index in [4.69, 9.17) is 15.9 Å². The van der Waals surface area contributed by atoms with Gasteiger partial charge in [0, 0.05) is 18.7 Å². The average Bonchev–Trinajstić information content (AvgIpc) is 2.40. The van der Waals surface area contributed by atoms with E-state index in [1.54, 1.807) is 0 Å². The zero-order chi connectivity index (χ0) is 13.0. The molecule has 4 N–H and O–H groups in total. The average molecular weight is 249 g/mol. The maximum Gasteiger partial charge on any atom is 0.123 e. The van der Waals surface area contributed by atoms with Crippen molar-refractivity contribution in [3.8, 4) is 0 Å². The number of nitrogens with two attached hydrogens (primary N) is 1. The highest BCUT2D eigenvalue weighted by Crippen LogP contribution is 2.15. The van der Waals surface area contributed by atoms with Crippen molar-refractivity contribution in [2.45, 2.75) is 12.6 Å². The monoisotopic (exact) mass is 249 g/mol. The molecule has 0 amide bonds. The molecule has 0 bridgehead atoms. The third-order valence-corrected chi connectivity index (χ3v) is 3.24. The van der Waals surface area contributed by atoms with Crippen molar-refractivity contribution in [1.29, 1.82) is 5.41 Å². The van der Waals surface area contributed by atoms with Crippen LogP contribution in [0.2, 0.25) is 0 Å². The van der Waals surface area contributed by atoms with E-state index in [0.717, 1.165) is 17.7 Å². The SMILES string of the molecule is N=C(N)c1ccccc1CN1CCOCC1CO. The second-order valence-corrected chi connectivity index (χ2v) is 4.45. The highest BCUT2D eigenvalue weighted by Gasteiger charge is 2.23. The minimum Gasteiger partial charge on any atom is -0.395 e. The van der Waals surface area contributed by atoms with Crippen molar-refractivity contribution >= 4 is 5.84 Å². The normalized spacial score (nSPS) is 20.8. The van der Waals surface area contributed by atoms with Gasteiger partial charge in [0.05, 0.1) is 25.9 Å². The highest BCUT2D eigenvalue weighted by atomic mass is 16.5. The first-order valence-corrected chi connectivity index (χ1v) is 6.07. The van der Waals surface area contributed by atoms with Crippen LogP contribution in [0.1, 0.15) is 11.1 Å². The third kappa shape index (κ3) is 2.87. The predicted molar refractivity (Wildman–Crippen MR) is 69.6 cm³/mol. The number of aliphatic hydroxyl groups excluding tert-OH is 1. The Balaban J connectivity index is 2.15. The number of benzene rings is 1. The van der Waals surface area contributed by atoms with Gasteiger partial charge in [-0.3, -0.25) is 10.3 Å². The highest BCUT2D eigenvalue weighted by molar-refractivity contribution is 5.96. The summed E-state index contributed by atoms with van der Waals surface area (Å²) in [6.07, 6.45) is 0. The lowest BCUT2D eigenvalue weighted by atomic mass is 10.1. The molecule has 0 spiro atoms. The number of nitrogens with one attached hydrogen (secondary N) is 1. The predicted octanol–water partition coefficient (Wildman–Crippen LogP) is 0.164. The number of nitrogens with zero attached hydrogens (tertiary/aromatic N) is 1. The van der Waals surface area contributed by atoms with Crippen LogP contribution < -0.4 is 5.73 Å². The van der Waals surface area contributed by atoms with Crippen LogP contribution in [0.5, 0.6) is 0 Å². The maximum absolute atomic E-state index is 9.33. The van der Waals surface area contributed by atoms with Crippen LogP contribution in [0.3, 0.4) is 0 Å². The van der Waals surface area contributed by atoms with Gasteiger partial charge < -0.3 is 15.6 Å². The zero-order valence-corrected chi connectivity index (χ0v) is 10.3. The first-order valence-electron chi connectivity index (χ1n) is 6.07. The third-order valence-electron chi connectivity index (χ3n) is 3.24. The first-order chi connectivity index (χ1) is 8.72. The van der Waals surface area contributed by atoms with Crippen LogP contribution in [0.15, 0.2) is 24.3 Å². The summed E-state index contributed by atoms with van der Waals surface area (Å²) in [5, 5.41) is 16.9. The number of ether oxygens (including phenoxy) is 1. The van der Waals surface area contributed by atoms with Crippen molar-refractivity contribution in [3.63, 3.8) is 0 Å². The molecule has 1 aliphatic rings. The summed E-state index contributed by atoms with van der Waals surface area (Å²) in [7, 11) is 0. The maximum atomic E-state index is 9.33. The Morgan fingerprint density at radius 2 is 2.28 bits per heavy atom. The van der Waals surface area contributed by atoms with Crippen molar-refractivity contribution in [2.75, 3.05) is 26.4 Å². The molecular formula is C13H19N3O2. The molecule has 1 unspecified atom stereocenters. The summed E-state index contributed by atoms with van der Waals surface area (Å²) < 4.78 is 5.35. The molecule has 5 heteroatoms. The van der Waals surface area contributed by atoms with Crippen molar-refractivity contribution in [3.05, 3.63) is 35.4 Å². The molecule has 0 saturated carbocycles. The molecule has 1 fully saturated rings. The largest absolute Gasteiger partial charge is 0.395 e. The van der Waals surface area contributed by atoms with Crippen molar-refractivity contribution < 1.29 is 9.84 Å². The lowest BCUT2D eigenvalue weighted by Crippen LogP contribution is -2.47. The summed E-state index contributed by atoms with van der Waals surface area (Å²) in [6, 6.07) is 7.67. The van der Waals surface area contributed by atoms with E-state index in [2.05, 4.69) is 4.90 Å². The Morgan fingerprint density at radius 1 is 1.50 bits per heavy atom. The van der Waals surface area contributed by atoms with Crippen LogP contribution >= 0.6 is 0 Å². The summed E-state index contributed by atoms with van der Waals surface area (Å²) in [5.41, 5.74) is 7.36. The van der Waals surface area contributed by atoms with Crippen LogP contribution in [0.25, 0.3) is 0 Å².